The van der Waals surface area contributed by atoms with Crippen molar-refractivity contribution in [3.05, 3.63) is 41.4 Å². The minimum atomic E-state index is -0.899. The normalized spacial score (nSPS) is 32.8. The van der Waals surface area contributed by atoms with Crippen molar-refractivity contribution in [3.8, 4) is 5.75 Å². The van der Waals surface area contributed by atoms with E-state index in [9.17, 15) is 4.79 Å². The lowest BCUT2D eigenvalue weighted by Crippen LogP contribution is -2.35. The maximum absolute atomic E-state index is 11.6. The van der Waals surface area contributed by atoms with Crippen molar-refractivity contribution in [1.29, 1.82) is 0 Å². The Morgan fingerprint density at radius 1 is 1.35 bits per heavy atom. The monoisotopic (exact) mass is 378 g/mol. The molecule has 1 saturated carbocycles. The average molecular weight is 379 g/mol. The van der Waals surface area contributed by atoms with Crippen LogP contribution in [-0.2, 0) is 19.0 Å². The number of halogens is 1. The maximum Gasteiger partial charge on any atom is 0.306 e. The predicted molar refractivity (Wildman–Crippen MR) is 96.0 cm³/mol. The Kier molecular flexibility index (Phi) is 4.95. The van der Waals surface area contributed by atoms with Crippen LogP contribution in [0.3, 0.4) is 0 Å². The van der Waals surface area contributed by atoms with Crippen LogP contribution >= 0.6 is 11.6 Å². The van der Waals surface area contributed by atoms with Gasteiger partial charge in [0.2, 0.25) is 5.79 Å². The Morgan fingerprint density at radius 2 is 2.15 bits per heavy atom. The summed E-state index contributed by atoms with van der Waals surface area (Å²) in [5.41, 5.74) is 0. The summed E-state index contributed by atoms with van der Waals surface area (Å²) in [6.07, 6.45) is 5.55. The molecule has 0 aromatic heterocycles. The van der Waals surface area contributed by atoms with E-state index in [0.717, 1.165) is 6.42 Å². The molecule has 2 saturated heterocycles. The predicted octanol–water partition coefficient (Wildman–Crippen LogP) is 3.61. The molecule has 0 bridgehead atoms. The van der Waals surface area contributed by atoms with Gasteiger partial charge in [0.05, 0.1) is 19.6 Å². The van der Waals surface area contributed by atoms with Crippen molar-refractivity contribution in [3.63, 3.8) is 0 Å². The minimum absolute atomic E-state index is 0.0521. The molecule has 0 radical (unpaired) electrons. The van der Waals surface area contributed by atoms with Crippen LogP contribution in [-0.4, -0.2) is 37.7 Å². The highest BCUT2D eigenvalue weighted by atomic mass is 35.5. The third-order valence-electron chi connectivity index (χ3n) is 5.50. The van der Waals surface area contributed by atoms with E-state index in [2.05, 4.69) is 13.0 Å². The minimum Gasteiger partial charge on any atom is -0.488 e. The van der Waals surface area contributed by atoms with Crippen LogP contribution in [0.2, 0.25) is 5.02 Å². The fraction of sp³-hybridized carbons (Fsp3) is 0.550. The van der Waals surface area contributed by atoms with Crippen molar-refractivity contribution in [2.24, 2.45) is 17.8 Å². The number of carbonyl (C=O) groups is 1. The number of carbonyl (C=O) groups excluding carboxylic acids is 1. The number of allylic oxidation sites excluding steroid dienone is 1. The highest BCUT2D eigenvalue weighted by Crippen LogP contribution is 2.45. The standard InChI is InChI=1S/C20H23ClO5/c1-13-9-18-17(11-19(22)26-18)16(13)5-6-20(24-7-8-25-20)12-23-15-4-2-3-14(21)10-15/h2-6,10,13,16-18H,7-9,11-12H2,1H3/b6-5+/t13-,16+,17-,18+/m1/s1. The van der Waals surface area contributed by atoms with E-state index in [4.69, 9.17) is 30.5 Å². The van der Waals surface area contributed by atoms with Crippen LogP contribution in [0.15, 0.2) is 36.4 Å². The third kappa shape index (κ3) is 3.61. The smallest absolute Gasteiger partial charge is 0.306 e. The second-order valence-electron chi connectivity index (χ2n) is 7.30. The van der Waals surface area contributed by atoms with E-state index in [1.54, 1.807) is 12.1 Å². The van der Waals surface area contributed by atoms with Gasteiger partial charge < -0.3 is 18.9 Å². The summed E-state index contributed by atoms with van der Waals surface area (Å²) >= 11 is 6.01. The van der Waals surface area contributed by atoms with Crippen molar-refractivity contribution in [1.82, 2.24) is 0 Å². The molecule has 26 heavy (non-hydrogen) atoms. The highest BCUT2D eigenvalue weighted by molar-refractivity contribution is 6.30. The van der Waals surface area contributed by atoms with Crippen LogP contribution in [0.4, 0.5) is 0 Å². The zero-order chi connectivity index (χ0) is 18.1. The van der Waals surface area contributed by atoms with Crippen molar-refractivity contribution < 1.29 is 23.7 Å². The van der Waals surface area contributed by atoms with Crippen molar-refractivity contribution >= 4 is 17.6 Å². The Hall–Kier alpha value is -1.56. The molecule has 1 aromatic carbocycles. The van der Waals surface area contributed by atoms with Gasteiger partial charge in [-0.15, -0.1) is 0 Å². The van der Waals surface area contributed by atoms with Gasteiger partial charge in [-0.25, -0.2) is 0 Å². The largest absolute Gasteiger partial charge is 0.488 e. The summed E-state index contributed by atoms with van der Waals surface area (Å²) in [7, 11) is 0. The molecule has 1 aliphatic carbocycles. The number of hydrogen-bond donors (Lipinski definition) is 0. The molecule has 0 unspecified atom stereocenters. The van der Waals surface area contributed by atoms with Crippen LogP contribution < -0.4 is 4.74 Å². The first-order chi connectivity index (χ1) is 12.5. The summed E-state index contributed by atoms with van der Waals surface area (Å²) in [6.45, 7) is 3.50. The zero-order valence-electron chi connectivity index (χ0n) is 14.7. The Labute approximate surface area is 158 Å². The van der Waals surface area contributed by atoms with E-state index in [1.807, 2.05) is 18.2 Å². The molecule has 6 heteroatoms. The lowest BCUT2D eigenvalue weighted by molar-refractivity contribution is -0.141. The number of hydrogen-bond acceptors (Lipinski definition) is 5. The fourth-order valence-corrected chi connectivity index (χ4v) is 4.39. The Balaban J connectivity index is 1.46. The van der Waals surface area contributed by atoms with E-state index < -0.39 is 5.79 Å². The van der Waals surface area contributed by atoms with Crippen LogP contribution in [0.5, 0.6) is 5.75 Å². The third-order valence-corrected chi connectivity index (χ3v) is 5.74. The van der Waals surface area contributed by atoms with Gasteiger partial charge in [0.15, 0.2) is 0 Å². The molecular formula is C20H23ClO5. The molecule has 2 aliphatic heterocycles. The van der Waals surface area contributed by atoms with Gasteiger partial charge in [-0.3, -0.25) is 4.79 Å². The lowest BCUT2D eigenvalue weighted by atomic mass is 9.88. The first kappa shape index (κ1) is 17.8. The molecule has 0 spiro atoms. The molecule has 3 fully saturated rings. The van der Waals surface area contributed by atoms with Crippen LogP contribution in [0.1, 0.15) is 19.8 Å². The molecule has 2 heterocycles. The van der Waals surface area contributed by atoms with Crippen molar-refractivity contribution in [2.75, 3.05) is 19.8 Å². The number of ether oxygens (including phenoxy) is 4. The SMILES string of the molecule is C[C@@H]1C[C@@H]2OC(=O)C[C@@H]2[C@H]1/C=C/C1(COc2cccc(Cl)c2)OCCO1. The van der Waals surface area contributed by atoms with Gasteiger partial charge in [-0.2, -0.15) is 0 Å². The molecule has 1 aromatic rings. The lowest BCUT2D eigenvalue weighted by Gasteiger charge is -2.25. The molecule has 5 nitrogen and oxygen atoms in total. The summed E-state index contributed by atoms with van der Waals surface area (Å²) in [5.74, 6) is 0.681. The summed E-state index contributed by atoms with van der Waals surface area (Å²) in [6, 6.07) is 7.26. The highest BCUT2D eigenvalue weighted by Gasteiger charge is 2.48. The Morgan fingerprint density at radius 3 is 2.92 bits per heavy atom. The van der Waals surface area contributed by atoms with Gasteiger partial charge in [0.25, 0.3) is 0 Å². The molecule has 4 atom stereocenters. The molecule has 0 amide bonds. The number of esters is 1. The molecule has 3 aliphatic rings. The first-order valence-electron chi connectivity index (χ1n) is 9.10. The van der Waals surface area contributed by atoms with Gasteiger partial charge in [0.1, 0.15) is 18.5 Å². The van der Waals surface area contributed by atoms with Crippen LogP contribution in [0, 0.1) is 17.8 Å². The van der Waals surface area contributed by atoms with E-state index in [1.165, 1.54) is 0 Å². The zero-order valence-corrected chi connectivity index (χ0v) is 15.5. The van der Waals surface area contributed by atoms with E-state index in [0.29, 0.717) is 36.3 Å². The second-order valence-corrected chi connectivity index (χ2v) is 7.74. The maximum atomic E-state index is 11.6. The van der Waals surface area contributed by atoms with Crippen molar-refractivity contribution in [2.45, 2.75) is 31.7 Å². The molecule has 4 rings (SSSR count). The Bertz CT molecular complexity index is 697. The number of fused-ring (bicyclic) bond motifs is 1. The molecule has 140 valence electrons. The second kappa shape index (κ2) is 7.22. The fourth-order valence-electron chi connectivity index (χ4n) is 4.21. The van der Waals surface area contributed by atoms with Gasteiger partial charge in [-0.1, -0.05) is 30.7 Å². The van der Waals surface area contributed by atoms with Crippen LogP contribution in [0.25, 0.3) is 0 Å². The van der Waals surface area contributed by atoms with E-state index in [-0.39, 0.29) is 30.5 Å². The van der Waals surface area contributed by atoms with Gasteiger partial charge in [0, 0.05) is 10.9 Å². The van der Waals surface area contributed by atoms with Gasteiger partial charge in [-0.05, 0) is 42.5 Å². The summed E-state index contributed by atoms with van der Waals surface area (Å²) < 4.78 is 23.0. The average Bonchev–Trinajstić information content (AvgIpc) is 3.27. The van der Waals surface area contributed by atoms with Gasteiger partial charge >= 0.3 is 5.97 Å². The topological polar surface area (TPSA) is 54.0 Å². The molecule has 0 N–H and O–H groups in total. The van der Waals surface area contributed by atoms with E-state index >= 15 is 0 Å². The number of benzene rings is 1. The first-order valence-corrected chi connectivity index (χ1v) is 9.48. The summed E-state index contributed by atoms with van der Waals surface area (Å²) in [5, 5.41) is 0.622. The quantitative estimate of drug-likeness (QED) is 0.578. The molecular weight excluding hydrogens is 356 g/mol. The summed E-state index contributed by atoms with van der Waals surface area (Å²) in [4.78, 5) is 11.6. The number of rotatable bonds is 5.